The van der Waals surface area contributed by atoms with E-state index in [1.54, 1.807) is 29.1 Å². The van der Waals surface area contributed by atoms with Crippen molar-refractivity contribution in [2.24, 2.45) is 7.05 Å². The quantitative estimate of drug-likeness (QED) is 0.723. The van der Waals surface area contributed by atoms with Crippen molar-refractivity contribution in [3.8, 4) is 28.5 Å². The molecule has 4 nitrogen and oxygen atoms in total. The molecule has 102 valence electrons. The average Bonchev–Trinajstić information content (AvgIpc) is 2.90. The van der Waals surface area contributed by atoms with Gasteiger partial charge in [0.05, 0.1) is 0 Å². The van der Waals surface area contributed by atoms with E-state index in [4.69, 9.17) is 5.26 Å². The summed E-state index contributed by atoms with van der Waals surface area (Å²) in [5.41, 5.74) is 3.65. The first-order chi connectivity index (χ1) is 10.2. The summed E-state index contributed by atoms with van der Waals surface area (Å²) in [6, 6.07) is 11.7. The summed E-state index contributed by atoms with van der Waals surface area (Å²) in [5.74, 6) is -0.285. The Morgan fingerprint density at radius 1 is 1.14 bits per heavy atom. The molecule has 0 fully saturated rings. The Bertz CT molecular complexity index is 828. The predicted octanol–water partition coefficient (Wildman–Crippen LogP) is 3.16. The van der Waals surface area contributed by atoms with E-state index < -0.39 is 0 Å². The lowest BCUT2D eigenvalue weighted by Gasteiger charge is -2.03. The van der Waals surface area contributed by atoms with Gasteiger partial charge in [-0.15, -0.1) is 0 Å². The van der Waals surface area contributed by atoms with Crippen LogP contribution in [0.3, 0.4) is 0 Å². The van der Waals surface area contributed by atoms with Crippen molar-refractivity contribution in [2.75, 3.05) is 0 Å². The Hall–Kier alpha value is -3.00. The monoisotopic (exact) mass is 278 g/mol. The SMILES string of the molecule is Cn1cc(-c2ccnc(C#N)c2)c(-c2ccc(F)cc2)n1. The lowest BCUT2D eigenvalue weighted by Crippen LogP contribution is -1.88. The molecule has 1 aromatic carbocycles. The molecule has 0 radical (unpaired) electrons. The van der Waals surface area contributed by atoms with Crippen LogP contribution < -0.4 is 0 Å². The molecule has 0 N–H and O–H groups in total. The van der Waals surface area contributed by atoms with Crippen molar-refractivity contribution in [1.29, 1.82) is 5.26 Å². The minimum Gasteiger partial charge on any atom is -0.275 e. The maximum Gasteiger partial charge on any atom is 0.141 e. The number of halogens is 1. The minimum absolute atomic E-state index is 0.285. The largest absolute Gasteiger partial charge is 0.275 e. The van der Waals surface area contributed by atoms with Gasteiger partial charge in [0.1, 0.15) is 23.3 Å². The molecular weight excluding hydrogens is 267 g/mol. The molecule has 2 aromatic heterocycles. The summed E-state index contributed by atoms with van der Waals surface area (Å²) in [4.78, 5) is 3.97. The van der Waals surface area contributed by atoms with Crippen molar-refractivity contribution >= 4 is 0 Å². The van der Waals surface area contributed by atoms with E-state index in [9.17, 15) is 4.39 Å². The van der Waals surface area contributed by atoms with Gasteiger partial charge in [0.15, 0.2) is 0 Å². The number of rotatable bonds is 2. The van der Waals surface area contributed by atoms with Gasteiger partial charge in [0.25, 0.3) is 0 Å². The molecule has 0 bridgehead atoms. The standard InChI is InChI=1S/C16H11FN4/c1-21-10-15(12-6-7-19-14(8-12)9-18)16(20-21)11-2-4-13(17)5-3-11/h2-8,10H,1H3. The Labute approximate surface area is 121 Å². The fourth-order valence-corrected chi connectivity index (χ4v) is 2.18. The molecule has 0 spiro atoms. The average molecular weight is 278 g/mol. The second-order valence-corrected chi connectivity index (χ2v) is 4.61. The van der Waals surface area contributed by atoms with Gasteiger partial charge in [-0.3, -0.25) is 4.68 Å². The lowest BCUT2D eigenvalue weighted by atomic mass is 10.0. The topological polar surface area (TPSA) is 54.5 Å². The van der Waals surface area contributed by atoms with Gasteiger partial charge in [-0.2, -0.15) is 10.4 Å². The van der Waals surface area contributed by atoms with Crippen LogP contribution in [0, 0.1) is 17.1 Å². The third-order valence-corrected chi connectivity index (χ3v) is 3.13. The number of nitriles is 1. The van der Waals surface area contributed by atoms with Crippen LogP contribution in [0.25, 0.3) is 22.4 Å². The zero-order valence-corrected chi connectivity index (χ0v) is 11.3. The molecule has 0 aliphatic rings. The summed E-state index contributed by atoms with van der Waals surface area (Å²) in [7, 11) is 1.82. The van der Waals surface area contributed by atoms with E-state index in [1.807, 2.05) is 25.4 Å². The molecule has 0 saturated heterocycles. The van der Waals surface area contributed by atoms with Crippen LogP contribution in [0.4, 0.5) is 4.39 Å². The second-order valence-electron chi connectivity index (χ2n) is 4.61. The number of benzene rings is 1. The normalized spacial score (nSPS) is 10.3. The Balaban J connectivity index is 2.15. The van der Waals surface area contributed by atoms with E-state index in [0.717, 1.165) is 22.4 Å². The zero-order chi connectivity index (χ0) is 14.8. The van der Waals surface area contributed by atoms with E-state index in [-0.39, 0.29) is 5.82 Å². The summed E-state index contributed by atoms with van der Waals surface area (Å²) < 4.78 is 14.8. The summed E-state index contributed by atoms with van der Waals surface area (Å²) in [6.07, 6.45) is 3.46. The number of aryl methyl sites for hydroxylation is 1. The molecule has 0 aliphatic heterocycles. The number of aromatic nitrogens is 3. The predicted molar refractivity (Wildman–Crippen MR) is 76.5 cm³/mol. The number of pyridine rings is 1. The van der Waals surface area contributed by atoms with Gasteiger partial charge >= 0.3 is 0 Å². The van der Waals surface area contributed by atoms with Crippen molar-refractivity contribution in [3.05, 3.63) is 60.3 Å². The fourth-order valence-electron chi connectivity index (χ4n) is 2.18. The van der Waals surface area contributed by atoms with Crippen molar-refractivity contribution in [3.63, 3.8) is 0 Å². The van der Waals surface area contributed by atoms with Gasteiger partial charge in [-0.1, -0.05) is 0 Å². The van der Waals surface area contributed by atoms with Crippen LogP contribution in [0.5, 0.6) is 0 Å². The molecule has 2 heterocycles. The van der Waals surface area contributed by atoms with E-state index in [1.165, 1.54) is 12.1 Å². The minimum atomic E-state index is -0.285. The number of hydrogen-bond acceptors (Lipinski definition) is 3. The van der Waals surface area contributed by atoms with Gasteiger partial charge in [-0.05, 0) is 42.0 Å². The maximum atomic E-state index is 13.1. The smallest absolute Gasteiger partial charge is 0.141 e. The molecule has 0 aliphatic carbocycles. The Morgan fingerprint density at radius 2 is 1.90 bits per heavy atom. The van der Waals surface area contributed by atoms with Crippen molar-refractivity contribution in [1.82, 2.24) is 14.8 Å². The van der Waals surface area contributed by atoms with Crippen LogP contribution >= 0.6 is 0 Å². The highest BCUT2D eigenvalue weighted by atomic mass is 19.1. The molecule has 3 aromatic rings. The number of nitrogens with zero attached hydrogens (tertiary/aromatic N) is 4. The van der Waals surface area contributed by atoms with Crippen LogP contribution in [-0.2, 0) is 7.05 Å². The first-order valence-electron chi connectivity index (χ1n) is 6.33. The van der Waals surface area contributed by atoms with Gasteiger partial charge in [0, 0.05) is 30.6 Å². The molecule has 0 saturated carbocycles. The summed E-state index contributed by atoms with van der Waals surface area (Å²) in [6.45, 7) is 0. The van der Waals surface area contributed by atoms with Crippen molar-refractivity contribution < 1.29 is 4.39 Å². The fraction of sp³-hybridized carbons (Fsp3) is 0.0625. The second kappa shape index (κ2) is 5.17. The molecule has 5 heteroatoms. The number of hydrogen-bond donors (Lipinski definition) is 0. The van der Waals surface area contributed by atoms with Crippen LogP contribution in [-0.4, -0.2) is 14.8 Å². The van der Waals surface area contributed by atoms with E-state index >= 15 is 0 Å². The highest BCUT2D eigenvalue weighted by molar-refractivity contribution is 5.80. The van der Waals surface area contributed by atoms with Gasteiger partial charge < -0.3 is 0 Å². The molecule has 21 heavy (non-hydrogen) atoms. The first-order valence-corrected chi connectivity index (χ1v) is 6.33. The third-order valence-electron chi connectivity index (χ3n) is 3.13. The highest BCUT2D eigenvalue weighted by Gasteiger charge is 2.12. The van der Waals surface area contributed by atoms with Crippen LogP contribution in [0.1, 0.15) is 5.69 Å². The zero-order valence-electron chi connectivity index (χ0n) is 11.3. The van der Waals surface area contributed by atoms with Gasteiger partial charge in [0.2, 0.25) is 0 Å². The first kappa shape index (κ1) is 13.0. The Morgan fingerprint density at radius 3 is 2.62 bits per heavy atom. The van der Waals surface area contributed by atoms with Crippen LogP contribution in [0.15, 0.2) is 48.8 Å². The molecule has 3 rings (SSSR count). The Kier molecular flexibility index (Phi) is 3.20. The molecule has 0 atom stereocenters. The summed E-state index contributed by atoms with van der Waals surface area (Å²) >= 11 is 0. The third kappa shape index (κ3) is 2.51. The van der Waals surface area contributed by atoms with Gasteiger partial charge in [-0.25, -0.2) is 9.37 Å². The van der Waals surface area contributed by atoms with E-state index in [0.29, 0.717) is 5.69 Å². The highest BCUT2D eigenvalue weighted by Crippen LogP contribution is 2.30. The maximum absolute atomic E-state index is 13.1. The van der Waals surface area contributed by atoms with Crippen molar-refractivity contribution in [2.45, 2.75) is 0 Å². The van der Waals surface area contributed by atoms with E-state index in [2.05, 4.69) is 10.1 Å². The summed E-state index contributed by atoms with van der Waals surface area (Å²) in [5, 5.41) is 13.4. The van der Waals surface area contributed by atoms with Crippen LogP contribution in [0.2, 0.25) is 0 Å². The molecular formula is C16H11FN4. The molecule has 0 unspecified atom stereocenters. The molecule has 0 amide bonds. The lowest BCUT2D eigenvalue weighted by molar-refractivity contribution is 0.628.